The monoisotopic (exact) mass is 198 g/mol. The van der Waals surface area contributed by atoms with Gasteiger partial charge in [-0.25, -0.2) is 0 Å². The molecule has 2 rings (SSSR count). The zero-order valence-corrected chi connectivity index (χ0v) is 8.77. The summed E-state index contributed by atoms with van der Waals surface area (Å²) >= 11 is 0. The van der Waals surface area contributed by atoms with Gasteiger partial charge in [0, 0.05) is 23.5 Å². The lowest BCUT2D eigenvalue weighted by Crippen LogP contribution is -1.96. The molecular weight excluding hydrogens is 184 g/mol. The van der Waals surface area contributed by atoms with Crippen LogP contribution in [0.25, 0.3) is 17.0 Å². The molecule has 0 amide bonds. The summed E-state index contributed by atoms with van der Waals surface area (Å²) in [6, 6.07) is 8.18. The smallest absolute Gasteiger partial charge is 0.111 e. The number of benzene rings is 1. The maximum absolute atomic E-state index is 6.03. The molecule has 2 aromatic rings. The number of allylic oxidation sites excluding steroid dienone is 2. The fraction of sp³-hybridized carbons (Fsp3) is 0.0769. The number of rotatable bonds is 2. The Morgan fingerprint density at radius 1 is 1.33 bits per heavy atom. The topological polar surface area (TPSA) is 30.9 Å². The molecule has 2 nitrogen and oxygen atoms in total. The Hall–Kier alpha value is -1.96. The third-order valence-corrected chi connectivity index (χ3v) is 2.59. The fourth-order valence-corrected chi connectivity index (χ4v) is 1.78. The van der Waals surface area contributed by atoms with Gasteiger partial charge in [-0.1, -0.05) is 43.0 Å². The van der Waals surface area contributed by atoms with Crippen molar-refractivity contribution in [1.29, 1.82) is 0 Å². The lowest BCUT2D eigenvalue weighted by molar-refractivity contribution is 0.982. The van der Waals surface area contributed by atoms with Crippen LogP contribution in [0.2, 0.25) is 0 Å². The highest BCUT2D eigenvalue weighted by atomic mass is 15.0. The molecule has 0 aliphatic rings. The zero-order chi connectivity index (χ0) is 10.8. The van der Waals surface area contributed by atoms with Crippen molar-refractivity contribution in [2.75, 3.05) is 5.73 Å². The average Bonchev–Trinajstić information content (AvgIpc) is 2.51. The third kappa shape index (κ3) is 1.44. The Kier molecular flexibility index (Phi) is 2.34. The summed E-state index contributed by atoms with van der Waals surface area (Å²) in [4.78, 5) is 0. The zero-order valence-electron chi connectivity index (χ0n) is 8.77. The van der Waals surface area contributed by atoms with Crippen LogP contribution >= 0.6 is 0 Å². The molecule has 0 saturated heterocycles. The Balaban J connectivity index is 2.77. The first-order chi connectivity index (χ1) is 7.25. The number of nitrogen functional groups attached to an aromatic ring is 1. The van der Waals surface area contributed by atoms with Crippen molar-refractivity contribution in [2.45, 2.75) is 0 Å². The molecule has 2 N–H and O–H groups in total. The first-order valence-electron chi connectivity index (χ1n) is 4.87. The molecule has 76 valence electrons. The number of para-hydroxylation sites is 1. The van der Waals surface area contributed by atoms with Crippen LogP contribution in [0.1, 0.15) is 5.56 Å². The lowest BCUT2D eigenvalue weighted by atomic mass is 10.1. The molecule has 0 atom stereocenters. The predicted octanol–water partition coefficient (Wildman–Crippen LogP) is 2.96. The van der Waals surface area contributed by atoms with E-state index in [0.717, 1.165) is 16.9 Å². The summed E-state index contributed by atoms with van der Waals surface area (Å²) < 4.78 is 2.00. The predicted molar refractivity (Wildman–Crippen MR) is 66.6 cm³/mol. The van der Waals surface area contributed by atoms with Crippen molar-refractivity contribution < 1.29 is 0 Å². The second kappa shape index (κ2) is 3.65. The molecule has 0 aliphatic carbocycles. The number of hydrogen-bond donors (Lipinski definition) is 1. The average molecular weight is 198 g/mol. The Morgan fingerprint density at radius 2 is 2.07 bits per heavy atom. The molecule has 0 unspecified atom stereocenters. The minimum Gasteiger partial charge on any atom is -0.385 e. The van der Waals surface area contributed by atoms with E-state index >= 15 is 0 Å². The van der Waals surface area contributed by atoms with E-state index in [9.17, 15) is 0 Å². The molecule has 15 heavy (non-hydrogen) atoms. The molecule has 0 saturated carbocycles. The van der Waals surface area contributed by atoms with Crippen LogP contribution in [-0.4, -0.2) is 4.57 Å². The van der Waals surface area contributed by atoms with Gasteiger partial charge < -0.3 is 10.3 Å². The van der Waals surface area contributed by atoms with Gasteiger partial charge in [-0.3, -0.25) is 0 Å². The highest BCUT2D eigenvalue weighted by Crippen LogP contribution is 2.27. The number of anilines is 1. The first kappa shape index (κ1) is 9.59. The van der Waals surface area contributed by atoms with Crippen molar-refractivity contribution >= 4 is 22.8 Å². The standard InChI is InChI=1S/C13H14N2/c1-3-4-7-11-10-8-5-6-9-12(10)15(2)13(11)14/h3-9H,1,14H2,2H3/b7-4-. The number of aromatic nitrogens is 1. The minimum absolute atomic E-state index is 0.786. The number of fused-ring (bicyclic) bond motifs is 1. The molecule has 1 aromatic carbocycles. The number of nitrogens with two attached hydrogens (primary N) is 1. The summed E-state index contributed by atoms with van der Waals surface area (Å²) in [5.74, 6) is 0.786. The molecule has 2 heteroatoms. The van der Waals surface area contributed by atoms with Gasteiger partial charge in [0.15, 0.2) is 0 Å². The molecular formula is C13H14N2. The Bertz CT molecular complexity index is 533. The third-order valence-electron chi connectivity index (χ3n) is 2.59. The van der Waals surface area contributed by atoms with Gasteiger partial charge in [0.1, 0.15) is 5.82 Å². The van der Waals surface area contributed by atoms with Gasteiger partial charge in [-0.15, -0.1) is 0 Å². The van der Waals surface area contributed by atoms with Crippen molar-refractivity contribution in [3.63, 3.8) is 0 Å². The molecule has 0 aliphatic heterocycles. The first-order valence-corrected chi connectivity index (χ1v) is 4.87. The van der Waals surface area contributed by atoms with E-state index in [1.165, 1.54) is 5.39 Å². The van der Waals surface area contributed by atoms with Crippen LogP contribution < -0.4 is 5.73 Å². The van der Waals surface area contributed by atoms with E-state index in [1.54, 1.807) is 6.08 Å². The van der Waals surface area contributed by atoms with Gasteiger partial charge in [0.2, 0.25) is 0 Å². The van der Waals surface area contributed by atoms with Crippen LogP contribution in [-0.2, 0) is 7.05 Å². The van der Waals surface area contributed by atoms with Gasteiger partial charge in [0.05, 0.1) is 0 Å². The minimum atomic E-state index is 0.786. The summed E-state index contributed by atoms with van der Waals surface area (Å²) in [7, 11) is 1.98. The van der Waals surface area contributed by atoms with Gasteiger partial charge >= 0.3 is 0 Å². The number of nitrogens with zero attached hydrogens (tertiary/aromatic N) is 1. The van der Waals surface area contributed by atoms with Crippen LogP contribution in [0.5, 0.6) is 0 Å². The van der Waals surface area contributed by atoms with E-state index < -0.39 is 0 Å². The Morgan fingerprint density at radius 3 is 2.80 bits per heavy atom. The number of hydrogen-bond acceptors (Lipinski definition) is 1. The summed E-state index contributed by atoms with van der Waals surface area (Å²) in [5, 5.41) is 1.18. The van der Waals surface area contributed by atoms with E-state index in [0.29, 0.717) is 0 Å². The summed E-state index contributed by atoms with van der Waals surface area (Å²) in [5.41, 5.74) is 8.25. The van der Waals surface area contributed by atoms with Gasteiger partial charge in [-0.2, -0.15) is 0 Å². The second-order valence-corrected chi connectivity index (χ2v) is 3.47. The normalized spacial score (nSPS) is 11.3. The highest BCUT2D eigenvalue weighted by Gasteiger charge is 2.08. The maximum atomic E-state index is 6.03. The van der Waals surface area contributed by atoms with Crippen LogP contribution in [0.3, 0.4) is 0 Å². The fourth-order valence-electron chi connectivity index (χ4n) is 1.78. The van der Waals surface area contributed by atoms with E-state index in [-0.39, 0.29) is 0 Å². The van der Waals surface area contributed by atoms with E-state index in [1.807, 2.05) is 35.9 Å². The van der Waals surface area contributed by atoms with Gasteiger partial charge in [-0.05, 0) is 6.07 Å². The number of aryl methyl sites for hydroxylation is 1. The molecule has 0 fully saturated rings. The van der Waals surface area contributed by atoms with Crippen LogP contribution in [0.15, 0.2) is 43.0 Å². The van der Waals surface area contributed by atoms with Crippen molar-refractivity contribution in [3.05, 3.63) is 48.6 Å². The van der Waals surface area contributed by atoms with Crippen molar-refractivity contribution in [2.24, 2.45) is 7.05 Å². The van der Waals surface area contributed by atoms with Crippen LogP contribution in [0.4, 0.5) is 5.82 Å². The molecule has 0 spiro atoms. The lowest BCUT2D eigenvalue weighted by Gasteiger charge is -1.97. The molecule has 1 aromatic heterocycles. The Labute approximate surface area is 89.3 Å². The SMILES string of the molecule is C=C/C=C\c1c(N)n(C)c2ccccc12. The van der Waals surface area contributed by atoms with E-state index in [2.05, 4.69) is 18.7 Å². The largest absolute Gasteiger partial charge is 0.385 e. The van der Waals surface area contributed by atoms with E-state index in [4.69, 9.17) is 5.73 Å². The molecule has 0 radical (unpaired) electrons. The molecule has 1 heterocycles. The quantitative estimate of drug-likeness (QED) is 0.739. The second-order valence-electron chi connectivity index (χ2n) is 3.47. The van der Waals surface area contributed by atoms with Gasteiger partial charge in [0.25, 0.3) is 0 Å². The molecule has 0 bridgehead atoms. The highest BCUT2D eigenvalue weighted by molar-refractivity contribution is 5.95. The van der Waals surface area contributed by atoms with Crippen molar-refractivity contribution in [1.82, 2.24) is 4.57 Å². The maximum Gasteiger partial charge on any atom is 0.111 e. The summed E-state index contributed by atoms with van der Waals surface area (Å²) in [6.45, 7) is 3.66. The van der Waals surface area contributed by atoms with Crippen LogP contribution in [0, 0.1) is 0 Å². The van der Waals surface area contributed by atoms with Crippen molar-refractivity contribution in [3.8, 4) is 0 Å². The summed E-state index contributed by atoms with van der Waals surface area (Å²) in [6.07, 6.45) is 5.64.